The highest BCUT2D eigenvalue weighted by atomic mass is 127. The second kappa shape index (κ2) is 11.3. The third-order valence-corrected chi connectivity index (χ3v) is 4.97. The van der Waals surface area contributed by atoms with Crippen molar-refractivity contribution in [2.75, 3.05) is 6.54 Å². The molecule has 1 aromatic heterocycles. The summed E-state index contributed by atoms with van der Waals surface area (Å²) in [4.78, 5) is 4.82. The Kier molecular flexibility index (Phi) is 9.03. The highest BCUT2D eigenvalue weighted by Gasteiger charge is 2.17. The number of benzene rings is 1. The maximum Gasteiger partial charge on any atom is 0.192 e. The molecule has 1 fully saturated rings. The fourth-order valence-electron chi connectivity index (χ4n) is 3.44. The van der Waals surface area contributed by atoms with Crippen molar-refractivity contribution >= 4 is 29.9 Å². The van der Waals surface area contributed by atoms with Crippen molar-refractivity contribution in [1.82, 2.24) is 25.4 Å². The number of nitrogens with zero attached hydrogens (tertiary/aromatic N) is 4. The van der Waals surface area contributed by atoms with E-state index in [2.05, 4.69) is 63.5 Å². The number of aromatic nitrogens is 3. The summed E-state index contributed by atoms with van der Waals surface area (Å²) in [6.07, 6.45) is 7.75. The summed E-state index contributed by atoms with van der Waals surface area (Å²) in [5.41, 5.74) is 1.26. The van der Waals surface area contributed by atoms with Crippen LogP contribution in [0.2, 0.25) is 0 Å². The van der Waals surface area contributed by atoms with E-state index in [0.717, 1.165) is 24.7 Å². The minimum atomic E-state index is 0. The van der Waals surface area contributed by atoms with Gasteiger partial charge in [0.05, 0.1) is 12.6 Å². The molecule has 2 N–H and O–H groups in total. The lowest BCUT2D eigenvalue weighted by Gasteiger charge is -2.22. The summed E-state index contributed by atoms with van der Waals surface area (Å²) in [6, 6.07) is 11.2. The molecule has 27 heavy (non-hydrogen) atoms. The maximum atomic E-state index is 4.82. The quantitative estimate of drug-likeness (QED) is 0.359. The maximum absolute atomic E-state index is 4.82. The van der Waals surface area contributed by atoms with Gasteiger partial charge in [-0.05, 0) is 25.3 Å². The SMILES string of the molecule is CCc1nncn1CCN=C(NC1CCCC1)NC(C)c1ccccc1.I. The largest absolute Gasteiger partial charge is 0.354 e. The van der Waals surface area contributed by atoms with Crippen LogP contribution in [0.4, 0.5) is 0 Å². The van der Waals surface area contributed by atoms with Crippen LogP contribution in [0.3, 0.4) is 0 Å². The Bertz CT molecular complexity index is 694. The van der Waals surface area contributed by atoms with Gasteiger partial charge in [-0.3, -0.25) is 4.99 Å². The molecule has 2 aromatic rings. The van der Waals surface area contributed by atoms with Gasteiger partial charge < -0.3 is 15.2 Å². The predicted octanol–water partition coefficient (Wildman–Crippen LogP) is 3.70. The second-order valence-corrected chi connectivity index (χ2v) is 6.93. The van der Waals surface area contributed by atoms with E-state index in [1.54, 1.807) is 6.33 Å². The van der Waals surface area contributed by atoms with E-state index >= 15 is 0 Å². The van der Waals surface area contributed by atoms with E-state index in [4.69, 9.17) is 4.99 Å². The molecule has 0 amide bonds. The number of halogens is 1. The van der Waals surface area contributed by atoms with Gasteiger partial charge in [0.1, 0.15) is 12.2 Å². The van der Waals surface area contributed by atoms with Gasteiger partial charge in [-0.2, -0.15) is 0 Å². The highest BCUT2D eigenvalue weighted by Crippen LogP contribution is 2.18. The van der Waals surface area contributed by atoms with Gasteiger partial charge in [0.25, 0.3) is 0 Å². The zero-order valence-electron chi connectivity index (χ0n) is 16.3. The Balaban J connectivity index is 0.00000261. The van der Waals surface area contributed by atoms with Crippen LogP contribution in [0.5, 0.6) is 0 Å². The molecule has 0 radical (unpaired) electrons. The number of hydrogen-bond donors (Lipinski definition) is 2. The van der Waals surface area contributed by atoms with Crippen LogP contribution in [0, 0.1) is 0 Å². The Morgan fingerprint density at radius 2 is 2.00 bits per heavy atom. The number of hydrogen-bond acceptors (Lipinski definition) is 3. The molecule has 1 aromatic carbocycles. The van der Waals surface area contributed by atoms with Gasteiger partial charge in [-0.1, -0.05) is 50.1 Å². The van der Waals surface area contributed by atoms with E-state index in [9.17, 15) is 0 Å². The number of aryl methyl sites for hydroxylation is 1. The molecular formula is C20H31IN6. The molecule has 1 heterocycles. The zero-order chi connectivity index (χ0) is 18.2. The molecule has 1 aliphatic rings. The molecule has 1 saturated carbocycles. The molecule has 1 aliphatic carbocycles. The number of aliphatic imine (C=N–C) groups is 1. The average molecular weight is 482 g/mol. The van der Waals surface area contributed by atoms with Gasteiger partial charge >= 0.3 is 0 Å². The normalized spacial score (nSPS) is 16.0. The van der Waals surface area contributed by atoms with Gasteiger partial charge in [0, 0.05) is 19.0 Å². The van der Waals surface area contributed by atoms with E-state index in [1.165, 1.54) is 31.2 Å². The smallest absolute Gasteiger partial charge is 0.192 e. The monoisotopic (exact) mass is 482 g/mol. The minimum Gasteiger partial charge on any atom is -0.354 e. The van der Waals surface area contributed by atoms with Crippen molar-refractivity contribution in [1.29, 1.82) is 0 Å². The Labute approximate surface area is 179 Å². The molecule has 0 spiro atoms. The summed E-state index contributed by atoms with van der Waals surface area (Å²) in [6.45, 7) is 5.78. The lowest BCUT2D eigenvalue weighted by molar-refractivity contribution is 0.589. The fourth-order valence-corrected chi connectivity index (χ4v) is 3.44. The van der Waals surface area contributed by atoms with Crippen LogP contribution in [0.25, 0.3) is 0 Å². The van der Waals surface area contributed by atoms with Crippen LogP contribution in [-0.4, -0.2) is 33.3 Å². The topological polar surface area (TPSA) is 67.1 Å². The number of rotatable bonds is 7. The van der Waals surface area contributed by atoms with Crippen LogP contribution in [0.1, 0.15) is 57.0 Å². The van der Waals surface area contributed by atoms with Crippen LogP contribution < -0.4 is 10.6 Å². The summed E-state index contributed by atoms with van der Waals surface area (Å²) in [5, 5.41) is 15.3. The molecule has 3 rings (SSSR count). The summed E-state index contributed by atoms with van der Waals surface area (Å²) < 4.78 is 2.08. The van der Waals surface area contributed by atoms with Gasteiger partial charge in [-0.15, -0.1) is 34.2 Å². The Morgan fingerprint density at radius 3 is 2.70 bits per heavy atom. The van der Waals surface area contributed by atoms with E-state index in [1.807, 2.05) is 6.07 Å². The lowest BCUT2D eigenvalue weighted by atomic mass is 10.1. The Hall–Kier alpha value is -1.64. The molecule has 0 bridgehead atoms. The van der Waals surface area contributed by atoms with E-state index < -0.39 is 0 Å². The molecular weight excluding hydrogens is 451 g/mol. The third kappa shape index (κ3) is 6.48. The third-order valence-electron chi connectivity index (χ3n) is 4.97. The van der Waals surface area contributed by atoms with Gasteiger partial charge in [0.2, 0.25) is 0 Å². The summed E-state index contributed by atoms with van der Waals surface area (Å²) in [7, 11) is 0. The van der Waals surface area contributed by atoms with E-state index in [0.29, 0.717) is 12.6 Å². The first-order valence-electron chi connectivity index (χ1n) is 9.75. The second-order valence-electron chi connectivity index (χ2n) is 6.93. The standard InChI is InChI=1S/C20H30N6.HI/c1-3-19-25-22-15-26(19)14-13-21-20(24-18-11-7-8-12-18)23-16(2)17-9-5-4-6-10-17;/h4-6,9-10,15-16,18H,3,7-8,11-14H2,1-2H3,(H2,21,23,24);1H. The molecule has 148 valence electrons. The van der Waals surface area contributed by atoms with Crippen molar-refractivity contribution < 1.29 is 0 Å². The molecule has 7 heteroatoms. The van der Waals surface area contributed by atoms with Crippen LogP contribution in [0.15, 0.2) is 41.7 Å². The first-order valence-corrected chi connectivity index (χ1v) is 9.75. The Morgan fingerprint density at radius 1 is 1.26 bits per heavy atom. The molecule has 0 saturated heterocycles. The van der Waals surface area contributed by atoms with Crippen molar-refractivity contribution in [3.63, 3.8) is 0 Å². The first-order chi connectivity index (χ1) is 12.8. The van der Waals surface area contributed by atoms with Gasteiger partial charge in [-0.25, -0.2) is 0 Å². The first kappa shape index (κ1) is 21.7. The zero-order valence-corrected chi connectivity index (χ0v) is 18.6. The summed E-state index contributed by atoms with van der Waals surface area (Å²) in [5.74, 6) is 1.91. The predicted molar refractivity (Wildman–Crippen MR) is 121 cm³/mol. The number of guanidine groups is 1. The highest BCUT2D eigenvalue weighted by molar-refractivity contribution is 14.0. The molecule has 6 nitrogen and oxygen atoms in total. The molecule has 1 atom stereocenters. The van der Waals surface area contributed by atoms with Crippen molar-refractivity contribution in [2.24, 2.45) is 4.99 Å². The van der Waals surface area contributed by atoms with Crippen LogP contribution >= 0.6 is 24.0 Å². The van der Waals surface area contributed by atoms with Crippen molar-refractivity contribution in [2.45, 2.75) is 64.6 Å². The average Bonchev–Trinajstić information content (AvgIpc) is 3.34. The van der Waals surface area contributed by atoms with Crippen molar-refractivity contribution in [3.8, 4) is 0 Å². The molecule has 1 unspecified atom stereocenters. The van der Waals surface area contributed by atoms with Gasteiger partial charge in [0.15, 0.2) is 5.96 Å². The van der Waals surface area contributed by atoms with E-state index in [-0.39, 0.29) is 30.0 Å². The summed E-state index contributed by atoms with van der Waals surface area (Å²) >= 11 is 0. The lowest BCUT2D eigenvalue weighted by Crippen LogP contribution is -2.43. The minimum absolute atomic E-state index is 0. The van der Waals surface area contributed by atoms with Crippen molar-refractivity contribution in [3.05, 3.63) is 48.0 Å². The fraction of sp³-hybridized carbons (Fsp3) is 0.550. The van der Waals surface area contributed by atoms with Crippen LogP contribution in [-0.2, 0) is 13.0 Å². The number of nitrogens with one attached hydrogen (secondary N) is 2. The molecule has 0 aliphatic heterocycles.